The van der Waals surface area contributed by atoms with Crippen LogP contribution in [0.4, 0.5) is 4.39 Å². The first-order valence-corrected chi connectivity index (χ1v) is 6.22. The summed E-state index contributed by atoms with van der Waals surface area (Å²) in [6, 6.07) is 1.48. The van der Waals surface area contributed by atoms with Crippen LogP contribution in [-0.4, -0.2) is 39.0 Å². The second kappa shape index (κ2) is 5.34. The molecule has 1 N–H and O–H groups in total. The predicted octanol–water partition coefficient (Wildman–Crippen LogP) is 1.69. The molecule has 1 fully saturated rings. The van der Waals surface area contributed by atoms with Crippen molar-refractivity contribution in [1.29, 1.82) is 0 Å². The van der Waals surface area contributed by atoms with Gasteiger partial charge in [-0.15, -0.1) is 0 Å². The van der Waals surface area contributed by atoms with Gasteiger partial charge in [0.2, 0.25) is 0 Å². The number of rotatable bonds is 3. The highest BCUT2D eigenvalue weighted by Crippen LogP contribution is 2.28. The number of aliphatic carboxylic acids is 1. The average Bonchev–Trinajstić information content (AvgIpc) is 2.82. The van der Waals surface area contributed by atoms with Gasteiger partial charge in [-0.2, -0.15) is 0 Å². The lowest BCUT2D eigenvalue weighted by molar-refractivity contribution is -0.141. The van der Waals surface area contributed by atoms with Crippen molar-refractivity contribution in [3.05, 3.63) is 29.8 Å². The van der Waals surface area contributed by atoms with Crippen molar-refractivity contribution in [3.63, 3.8) is 0 Å². The number of nitrogens with zero attached hydrogens (tertiary/aromatic N) is 2. The number of hydrogen-bond acceptors (Lipinski definition) is 3. The van der Waals surface area contributed by atoms with Gasteiger partial charge in [0.1, 0.15) is 6.04 Å². The van der Waals surface area contributed by atoms with Gasteiger partial charge in [-0.1, -0.05) is 6.92 Å². The van der Waals surface area contributed by atoms with E-state index in [1.807, 2.05) is 6.92 Å². The molecule has 102 valence electrons. The van der Waals surface area contributed by atoms with Crippen molar-refractivity contribution in [2.24, 2.45) is 0 Å². The molecule has 2 rings (SSSR count). The monoisotopic (exact) mass is 266 g/mol. The maximum absolute atomic E-state index is 13.6. The van der Waals surface area contributed by atoms with Crippen LogP contribution in [0.15, 0.2) is 18.3 Å². The Morgan fingerprint density at radius 1 is 1.53 bits per heavy atom. The highest BCUT2D eigenvalue weighted by molar-refractivity contribution is 5.95. The number of hydrogen-bond donors (Lipinski definition) is 1. The molecule has 2 atom stereocenters. The summed E-state index contributed by atoms with van der Waals surface area (Å²) in [7, 11) is 0. The molecule has 0 bridgehead atoms. The topological polar surface area (TPSA) is 70.5 Å². The molecule has 0 aromatic carbocycles. The zero-order valence-corrected chi connectivity index (χ0v) is 10.5. The van der Waals surface area contributed by atoms with Crippen LogP contribution in [0.3, 0.4) is 0 Å². The molecule has 0 spiro atoms. The van der Waals surface area contributed by atoms with Gasteiger partial charge >= 0.3 is 5.97 Å². The van der Waals surface area contributed by atoms with Crippen molar-refractivity contribution < 1.29 is 19.1 Å². The smallest absolute Gasteiger partial charge is 0.326 e. The molecular weight excluding hydrogens is 251 g/mol. The number of halogens is 1. The van der Waals surface area contributed by atoms with Crippen LogP contribution in [-0.2, 0) is 4.79 Å². The standard InChI is InChI=1S/C13H15FN2O3/c1-2-8-5-6-10(13(18)19)16(8)12(17)11-9(14)4-3-7-15-11/h3-4,7-8,10H,2,5-6H2,1H3,(H,18,19). The Kier molecular flexibility index (Phi) is 3.78. The van der Waals surface area contributed by atoms with Crippen molar-refractivity contribution in [2.75, 3.05) is 0 Å². The molecule has 0 saturated carbocycles. The van der Waals surface area contributed by atoms with E-state index in [1.54, 1.807) is 0 Å². The molecular formula is C13H15FN2O3. The zero-order valence-electron chi connectivity index (χ0n) is 10.5. The maximum Gasteiger partial charge on any atom is 0.326 e. The fourth-order valence-corrected chi connectivity index (χ4v) is 2.50. The molecule has 1 amide bonds. The largest absolute Gasteiger partial charge is 0.480 e. The van der Waals surface area contributed by atoms with E-state index in [1.165, 1.54) is 17.2 Å². The quantitative estimate of drug-likeness (QED) is 0.903. The molecule has 6 heteroatoms. The van der Waals surface area contributed by atoms with Crippen molar-refractivity contribution in [3.8, 4) is 0 Å². The van der Waals surface area contributed by atoms with E-state index in [-0.39, 0.29) is 11.7 Å². The molecule has 5 nitrogen and oxygen atoms in total. The summed E-state index contributed by atoms with van der Waals surface area (Å²) in [6.07, 6.45) is 2.98. The Morgan fingerprint density at radius 2 is 2.26 bits per heavy atom. The number of carbonyl (C=O) groups is 2. The molecule has 1 aliphatic rings. The Morgan fingerprint density at radius 3 is 2.84 bits per heavy atom. The van der Waals surface area contributed by atoms with Gasteiger partial charge in [0.25, 0.3) is 5.91 Å². The minimum absolute atomic E-state index is 0.171. The van der Waals surface area contributed by atoms with Crippen LogP contribution in [0.5, 0.6) is 0 Å². The lowest BCUT2D eigenvalue weighted by Crippen LogP contribution is -2.45. The van der Waals surface area contributed by atoms with E-state index in [4.69, 9.17) is 5.11 Å². The van der Waals surface area contributed by atoms with Crippen molar-refractivity contribution in [2.45, 2.75) is 38.3 Å². The van der Waals surface area contributed by atoms with Gasteiger partial charge in [-0.05, 0) is 31.4 Å². The van der Waals surface area contributed by atoms with E-state index >= 15 is 0 Å². The lowest BCUT2D eigenvalue weighted by atomic mass is 10.1. The lowest BCUT2D eigenvalue weighted by Gasteiger charge is -2.27. The van der Waals surface area contributed by atoms with E-state index in [2.05, 4.69) is 4.98 Å². The number of carbonyl (C=O) groups excluding carboxylic acids is 1. The summed E-state index contributed by atoms with van der Waals surface area (Å²) < 4.78 is 13.6. The van der Waals surface area contributed by atoms with Gasteiger partial charge in [-0.25, -0.2) is 14.2 Å². The fraction of sp³-hybridized carbons (Fsp3) is 0.462. The van der Waals surface area contributed by atoms with Crippen LogP contribution >= 0.6 is 0 Å². The van der Waals surface area contributed by atoms with Crippen LogP contribution in [0, 0.1) is 5.82 Å². The summed E-state index contributed by atoms with van der Waals surface area (Å²) in [4.78, 5) is 28.5. The molecule has 19 heavy (non-hydrogen) atoms. The van der Waals surface area contributed by atoms with Gasteiger partial charge in [-0.3, -0.25) is 4.79 Å². The zero-order chi connectivity index (χ0) is 14.0. The number of amides is 1. The molecule has 2 heterocycles. The average molecular weight is 266 g/mol. The summed E-state index contributed by atoms with van der Waals surface area (Å²) >= 11 is 0. The molecule has 1 aliphatic heterocycles. The highest BCUT2D eigenvalue weighted by Gasteiger charge is 2.41. The maximum atomic E-state index is 13.6. The second-order valence-corrected chi connectivity index (χ2v) is 4.54. The van der Waals surface area contributed by atoms with E-state index in [9.17, 15) is 14.0 Å². The van der Waals surface area contributed by atoms with Gasteiger partial charge in [0.05, 0.1) is 0 Å². The number of aromatic nitrogens is 1. The van der Waals surface area contributed by atoms with Crippen LogP contribution in [0.2, 0.25) is 0 Å². The number of carboxylic acids is 1. The second-order valence-electron chi connectivity index (χ2n) is 4.54. The Bertz CT molecular complexity index is 506. The van der Waals surface area contributed by atoms with E-state index in [0.29, 0.717) is 19.3 Å². The first kappa shape index (κ1) is 13.5. The van der Waals surface area contributed by atoms with Crippen LogP contribution in [0.25, 0.3) is 0 Å². The molecule has 1 saturated heterocycles. The summed E-state index contributed by atoms with van der Waals surface area (Å²) in [6.45, 7) is 1.88. The molecule has 0 aliphatic carbocycles. The SMILES string of the molecule is CCC1CCC(C(=O)O)N1C(=O)c1ncccc1F. The predicted molar refractivity (Wildman–Crippen MR) is 65.1 cm³/mol. The van der Waals surface area contributed by atoms with Gasteiger partial charge < -0.3 is 10.0 Å². The van der Waals surface area contributed by atoms with Gasteiger partial charge in [0, 0.05) is 12.2 Å². The molecule has 2 unspecified atom stereocenters. The normalized spacial score (nSPS) is 22.5. The fourth-order valence-electron chi connectivity index (χ4n) is 2.50. The third kappa shape index (κ3) is 2.43. The molecule has 0 radical (unpaired) electrons. The minimum atomic E-state index is -1.05. The Hall–Kier alpha value is -1.98. The third-order valence-corrected chi connectivity index (χ3v) is 3.45. The third-order valence-electron chi connectivity index (χ3n) is 3.45. The number of likely N-dealkylation sites (tertiary alicyclic amines) is 1. The van der Waals surface area contributed by atoms with Crippen LogP contribution in [0.1, 0.15) is 36.7 Å². The first-order chi connectivity index (χ1) is 9.06. The summed E-state index contributed by atoms with van der Waals surface area (Å²) in [5.74, 6) is -2.42. The van der Waals surface area contributed by atoms with Crippen molar-refractivity contribution in [1.82, 2.24) is 9.88 Å². The molecule has 1 aromatic heterocycles. The van der Waals surface area contributed by atoms with E-state index in [0.717, 1.165) is 6.07 Å². The van der Waals surface area contributed by atoms with Crippen LogP contribution < -0.4 is 0 Å². The Balaban J connectivity index is 2.34. The summed E-state index contributed by atoms with van der Waals surface area (Å²) in [5, 5.41) is 9.15. The minimum Gasteiger partial charge on any atom is -0.480 e. The number of pyridine rings is 1. The number of carboxylic acid groups (broad SMARTS) is 1. The highest BCUT2D eigenvalue weighted by atomic mass is 19.1. The Labute approximate surface area is 110 Å². The first-order valence-electron chi connectivity index (χ1n) is 6.22. The van der Waals surface area contributed by atoms with Crippen molar-refractivity contribution >= 4 is 11.9 Å². The van der Waals surface area contributed by atoms with Gasteiger partial charge in [0.15, 0.2) is 11.5 Å². The van der Waals surface area contributed by atoms with E-state index < -0.39 is 23.7 Å². The summed E-state index contributed by atoms with van der Waals surface area (Å²) in [5.41, 5.74) is -0.311. The molecule has 1 aromatic rings.